The lowest BCUT2D eigenvalue weighted by atomic mass is 10.1. The molecule has 3 heteroatoms. The Balaban J connectivity index is 2.86. The molecular formula is C13H19NO2. The molecule has 1 rings (SSSR count). The predicted molar refractivity (Wildman–Crippen MR) is 65.6 cm³/mol. The van der Waals surface area contributed by atoms with E-state index in [1.54, 1.807) is 0 Å². The Morgan fingerprint density at radius 3 is 2.69 bits per heavy atom. The van der Waals surface area contributed by atoms with E-state index in [2.05, 4.69) is 18.3 Å². The van der Waals surface area contributed by atoms with Crippen LogP contribution in [0, 0.1) is 13.8 Å². The Morgan fingerprint density at radius 2 is 2.12 bits per heavy atom. The number of aryl methyl sites for hydroxylation is 1. The van der Waals surface area contributed by atoms with E-state index in [0.717, 1.165) is 5.69 Å². The summed E-state index contributed by atoms with van der Waals surface area (Å²) in [5, 5.41) is 3.21. The van der Waals surface area contributed by atoms with Crippen molar-refractivity contribution in [2.75, 3.05) is 12.4 Å². The van der Waals surface area contributed by atoms with E-state index >= 15 is 0 Å². The number of esters is 1. The quantitative estimate of drug-likeness (QED) is 0.794. The fourth-order valence-corrected chi connectivity index (χ4v) is 1.57. The van der Waals surface area contributed by atoms with Gasteiger partial charge in [-0.1, -0.05) is 19.1 Å². The van der Waals surface area contributed by atoms with Gasteiger partial charge in [-0.3, -0.25) is 0 Å². The Labute approximate surface area is 96.8 Å². The molecule has 0 saturated heterocycles. The number of carbonyl (C=O) groups excluding carboxylic acids is 1. The first-order chi connectivity index (χ1) is 7.60. The minimum Gasteiger partial charge on any atom is -0.467 e. The number of methoxy groups -OCH3 is 1. The zero-order valence-corrected chi connectivity index (χ0v) is 10.3. The molecule has 0 bridgehead atoms. The second-order valence-corrected chi connectivity index (χ2v) is 3.88. The highest BCUT2D eigenvalue weighted by atomic mass is 16.5. The molecule has 0 aromatic heterocycles. The number of hydrogen-bond acceptors (Lipinski definition) is 3. The molecule has 88 valence electrons. The molecule has 16 heavy (non-hydrogen) atoms. The average Bonchev–Trinajstić information content (AvgIpc) is 2.30. The summed E-state index contributed by atoms with van der Waals surface area (Å²) in [7, 11) is 1.41. The van der Waals surface area contributed by atoms with E-state index in [9.17, 15) is 4.79 Å². The highest BCUT2D eigenvalue weighted by Crippen LogP contribution is 2.19. The molecule has 0 amide bonds. The smallest absolute Gasteiger partial charge is 0.328 e. The van der Waals surface area contributed by atoms with Crippen molar-refractivity contribution < 1.29 is 9.53 Å². The van der Waals surface area contributed by atoms with Gasteiger partial charge in [-0.25, -0.2) is 4.79 Å². The van der Waals surface area contributed by atoms with E-state index in [1.165, 1.54) is 18.2 Å². The van der Waals surface area contributed by atoms with Crippen LogP contribution in [-0.2, 0) is 9.53 Å². The molecule has 0 fully saturated rings. The Hall–Kier alpha value is -1.51. The first kappa shape index (κ1) is 12.6. The van der Waals surface area contributed by atoms with Crippen LogP contribution >= 0.6 is 0 Å². The molecule has 3 nitrogen and oxygen atoms in total. The lowest BCUT2D eigenvalue weighted by Crippen LogP contribution is -2.30. The molecule has 0 unspecified atom stereocenters. The first-order valence-corrected chi connectivity index (χ1v) is 5.50. The van der Waals surface area contributed by atoms with Crippen molar-refractivity contribution in [3.8, 4) is 0 Å². The third kappa shape index (κ3) is 2.75. The number of ether oxygens (including phenoxy) is 1. The van der Waals surface area contributed by atoms with Gasteiger partial charge in [0, 0.05) is 5.69 Å². The van der Waals surface area contributed by atoms with Crippen LogP contribution in [0.3, 0.4) is 0 Å². The van der Waals surface area contributed by atoms with Crippen molar-refractivity contribution in [2.45, 2.75) is 33.2 Å². The molecule has 0 aliphatic heterocycles. The van der Waals surface area contributed by atoms with Gasteiger partial charge in [-0.2, -0.15) is 0 Å². The highest BCUT2D eigenvalue weighted by molar-refractivity contribution is 5.79. The summed E-state index contributed by atoms with van der Waals surface area (Å²) in [5.41, 5.74) is 3.38. The standard InChI is InChI=1S/C13H19NO2/c1-5-11(13(15)16-4)14-12-8-6-7-9(2)10(12)3/h6-8,11,14H,5H2,1-4H3/t11-/m0/s1. The zero-order valence-electron chi connectivity index (χ0n) is 10.3. The third-order valence-corrected chi connectivity index (χ3v) is 2.83. The van der Waals surface area contributed by atoms with Crippen molar-refractivity contribution in [1.29, 1.82) is 0 Å². The first-order valence-electron chi connectivity index (χ1n) is 5.50. The maximum Gasteiger partial charge on any atom is 0.328 e. The van der Waals surface area contributed by atoms with Crippen molar-refractivity contribution in [3.05, 3.63) is 29.3 Å². The number of hydrogen-bond donors (Lipinski definition) is 1. The second-order valence-electron chi connectivity index (χ2n) is 3.88. The van der Waals surface area contributed by atoms with Gasteiger partial charge >= 0.3 is 5.97 Å². The van der Waals surface area contributed by atoms with Gasteiger partial charge in [0.05, 0.1) is 7.11 Å². The second kappa shape index (κ2) is 5.54. The van der Waals surface area contributed by atoms with Gasteiger partial charge in [0.25, 0.3) is 0 Å². The summed E-state index contributed by atoms with van der Waals surface area (Å²) in [4.78, 5) is 11.5. The third-order valence-electron chi connectivity index (χ3n) is 2.83. The lowest BCUT2D eigenvalue weighted by molar-refractivity contribution is -0.141. The van der Waals surface area contributed by atoms with Crippen molar-refractivity contribution in [1.82, 2.24) is 0 Å². The summed E-state index contributed by atoms with van der Waals surface area (Å²) in [6.45, 7) is 6.06. The van der Waals surface area contributed by atoms with Crippen LogP contribution in [0.1, 0.15) is 24.5 Å². The molecule has 0 radical (unpaired) electrons. The van der Waals surface area contributed by atoms with E-state index in [1.807, 2.05) is 26.0 Å². The monoisotopic (exact) mass is 221 g/mol. The van der Waals surface area contributed by atoms with Gasteiger partial charge < -0.3 is 10.1 Å². The van der Waals surface area contributed by atoms with Gasteiger partial charge in [-0.05, 0) is 37.5 Å². The van der Waals surface area contributed by atoms with Crippen LogP contribution in [0.5, 0.6) is 0 Å². The SMILES string of the molecule is CC[C@H](Nc1cccc(C)c1C)C(=O)OC. The summed E-state index contributed by atoms with van der Waals surface area (Å²) in [5.74, 6) is -0.219. The summed E-state index contributed by atoms with van der Waals surface area (Å²) >= 11 is 0. The Bertz CT molecular complexity index is 374. The summed E-state index contributed by atoms with van der Waals surface area (Å²) in [6, 6.07) is 5.74. The zero-order chi connectivity index (χ0) is 12.1. The van der Waals surface area contributed by atoms with Gasteiger partial charge in [-0.15, -0.1) is 0 Å². The highest BCUT2D eigenvalue weighted by Gasteiger charge is 2.17. The number of carbonyl (C=O) groups is 1. The van der Waals surface area contributed by atoms with Gasteiger partial charge in [0.2, 0.25) is 0 Å². The van der Waals surface area contributed by atoms with Crippen LogP contribution in [-0.4, -0.2) is 19.1 Å². The van der Waals surface area contributed by atoms with Crippen LogP contribution in [0.25, 0.3) is 0 Å². The fraction of sp³-hybridized carbons (Fsp3) is 0.462. The molecule has 0 heterocycles. The molecular weight excluding hydrogens is 202 g/mol. The van der Waals surface area contributed by atoms with Crippen molar-refractivity contribution >= 4 is 11.7 Å². The number of anilines is 1. The van der Waals surface area contributed by atoms with Gasteiger partial charge in [0.1, 0.15) is 6.04 Å². The molecule has 1 atom stereocenters. The maximum absolute atomic E-state index is 11.5. The van der Waals surface area contributed by atoms with Crippen LogP contribution in [0.4, 0.5) is 5.69 Å². The number of benzene rings is 1. The van der Waals surface area contributed by atoms with Gasteiger partial charge in [0.15, 0.2) is 0 Å². The number of nitrogens with one attached hydrogen (secondary N) is 1. The fourth-order valence-electron chi connectivity index (χ4n) is 1.57. The van der Waals surface area contributed by atoms with E-state index in [-0.39, 0.29) is 12.0 Å². The minimum atomic E-state index is -0.273. The van der Waals surface area contributed by atoms with Crippen LogP contribution in [0.15, 0.2) is 18.2 Å². The van der Waals surface area contributed by atoms with E-state index in [4.69, 9.17) is 4.74 Å². The molecule has 0 aliphatic carbocycles. The molecule has 0 saturated carbocycles. The Morgan fingerprint density at radius 1 is 1.44 bits per heavy atom. The lowest BCUT2D eigenvalue weighted by Gasteiger charge is -2.18. The maximum atomic E-state index is 11.5. The van der Waals surface area contributed by atoms with E-state index in [0.29, 0.717) is 6.42 Å². The average molecular weight is 221 g/mol. The normalized spacial score (nSPS) is 12.0. The molecule has 0 aliphatic rings. The van der Waals surface area contributed by atoms with Crippen molar-refractivity contribution in [3.63, 3.8) is 0 Å². The molecule has 1 aromatic carbocycles. The topological polar surface area (TPSA) is 38.3 Å². The van der Waals surface area contributed by atoms with Crippen LogP contribution in [0.2, 0.25) is 0 Å². The predicted octanol–water partition coefficient (Wildman–Crippen LogP) is 2.67. The summed E-state index contributed by atoms with van der Waals surface area (Å²) < 4.78 is 4.74. The van der Waals surface area contributed by atoms with Crippen molar-refractivity contribution in [2.24, 2.45) is 0 Å². The number of rotatable bonds is 4. The molecule has 1 aromatic rings. The Kier molecular flexibility index (Phi) is 4.35. The largest absolute Gasteiger partial charge is 0.467 e. The summed E-state index contributed by atoms with van der Waals surface area (Å²) in [6.07, 6.45) is 0.708. The molecule has 0 spiro atoms. The minimum absolute atomic E-state index is 0.219. The van der Waals surface area contributed by atoms with E-state index < -0.39 is 0 Å². The van der Waals surface area contributed by atoms with Crippen LogP contribution < -0.4 is 5.32 Å². The molecule has 1 N–H and O–H groups in total.